The molecular formula is C33H63NO7Si3. The number of ether oxygens (including phenoxy) is 1. The monoisotopic (exact) mass is 669 g/mol. The first kappa shape index (κ1) is 39.0. The van der Waals surface area contributed by atoms with E-state index in [1.807, 2.05) is 13.8 Å². The van der Waals surface area contributed by atoms with Crippen LogP contribution in [0.4, 0.5) is 0 Å². The Bertz CT molecular complexity index is 1030. The smallest absolute Gasteiger partial charge is 0.317 e. The van der Waals surface area contributed by atoms with Gasteiger partial charge in [-0.2, -0.15) is 0 Å². The van der Waals surface area contributed by atoms with Crippen molar-refractivity contribution in [2.45, 2.75) is 157 Å². The van der Waals surface area contributed by atoms with Crippen molar-refractivity contribution in [3.8, 4) is 0 Å². The number of unbranched alkanes of at least 4 members (excludes halogenated alkanes) is 2. The van der Waals surface area contributed by atoms with Crippen molar-refractivity contribution in [3.05, 3.63) is 0 Å². The Morgan fingerprint density at radius 2 is 1.30 bits per heavy atom. The quantitative estimate of drug-likeness (QED) is 0.0558. The zero-order valence-corrected chi connectivity index (χ0v) is 32.9. The maximum absolute atomic E-state index is 13.8. The first-order valence-electron chi connectivity index (χ1n) is 17.2. The van der Waals surface area contributed by atoms with Gasteiger partial charge in [-0.25, -0.2) is 0 Å². The van der Waals surface area contributed by atoms with Crippen molar-refractivity contribution in [2.75, 3.05) is 6.54 Å². The van der Waals surface area contributed by atoms with E-state index in [-0.39, 0.29) is 41.4 Å². The van der Waals surface area contributed by atoms with Gasteiger partial charge in [-0.1, -0.05) is 66.7 Å². The van der Waals surface area contributed by atoms with Crippen molar-refractivity contribution < 1.29 is 32.1 Å². The van der Waals surface area contributed by atoms with Crippen LogP contribution in [0.3, 0.4) is 0 Å². The lowest BCUT2D eigenvalue weighted by atomic mass is 9.67. The summed E-state index contributed by atoms with van der Waals surface area (Å²) in [5.41, 5.74) is -0.663. The molecule has 0 saturated carbocycles. The molecule has 2 rings (SSSR count). The van der Waals surface area contributed by atoms with Gasteiger partial charge in [0.1, 0.15) is 0 Å². The molecule has 0 spiro atoms. The highest BCUT2D eigenvalue weighted by Gasteiger charge is 2.49. The lowest BCUT2D eigenvalue weighted by Crippen LogP contribution is -2.52. The Balaban J connectivity index is 1.99. The number of likely N-dealkylation sites (tertiary alicyclic amines) is 1. The molecule has 2 saturated heterocycles. The molecule has 2 aliphatic rings. The zero-order valence-electron chi connectivity index (χ0n) is 29.9. The largest absolute Gasteiger partial charge is 0.437 e. The highest BCUT2D eigenvalue weighted by molar-refractivity contribution is 6.87. The van der Waals surface area contributed by atoms with Crippen LogP contribution in [-0.4, -0.2) is 60.4 Å². The van der Waals surface area contributed by atoms with E-state index in [9.17, 15) is 19.2 Å². The minimum atomic E-state index is -2.29. The number of amides is 2. The van der Waals surface area contributed by atoms with E-state index in [0.29, 0.717) is 6.54 Å². The highest BCUT2D eigenvalue weighted by atomic mass is 28.5. The molecule has 0 aromatic heterocycles. The number of rotatable bonds is 20. The van der Waals surface area contributed by atoms with E-state index in [2.05, 4.69) is 60.1 Å². The molecule has 2 fully saturated rings. The molecule has 0 aliphatic carbocycles. The minimum absolute atomic E-state index is 0.0278. The van der Waals surface area contributed by atoms with Gasteiger partial charge in [0.05, 0.1) is 18.3 Å². The summed E-state index contributed by atoms with van der Waals surface area (Å²) in [6, 6.07) is 2.02. The third kappa shape index (κ3) is 11.3. The van der Waals surface area contributed by atoms with Gasteiger partial charge in [-0.15, -0.1) is 0 Å². The summed E-state index contributed by atoms with van der Waals surface area (Å²) in [6.45, 7) is 24.4. The fourth-order valence-electron chi connectivity index (χ4n) is 7.43. The first-order valence-corrected chi connectivity index (χ1v) is 26.2. The third-order valence-electron chi connectivity index (χ3n) is 9.91. The SMILES string of the molecule is CCCCC(C)(CCCC(C)(C)C1CC(=O)OC1=O)C1CC(=O)N(CCC[Si](C)(C)O[Si](C)(C)O[Si](C)(C)CCCC)C1=O. The normalized spacial score (nSPS) is 21.8. The number of imide groups is 1. The summed E-state index contributed by atoms with van der Waals surface area (Å²) in [4.78, 5) is 52.4. The molecule has 8 nitrogen and oxygen atoms in total. The lowest BCUT2D eigenvalue weighted by molar-refractivity contribution is -0.154. The molecule has 254 valence electrons. The summed E-state index contributed by atoms with van der Waals surface area (Å²) in [5.74, 6) is -1.70. The molecule has 2 heterocycles. The number of hydrogen-bond acceptors (Lipinski definition) is 7. The Morgan fingerprint density at radius 3 is 1.82 bits per heavy atom. The number of carbonyl (C=O) groups excluding carboxylic acids is 4. The van der Waals surface area contributed by atoms with Crippen LogP contribution in [0.25, 0.3) is 0 Å². The molecule has 3 atom stereocenters. The average Bonchev–Trinajstić information content (AvgIpc) is 3.37. The summed E-state index contributed by atoms with van der Waals surface area (Å²) in [7, 11) is -6.12. The summed E-state index contributed by atoms with van der Waals surface area (Å²) in [6.07, 6.45) is 8.81. The summed E-state index contributed by atoms with van der Waals surface area (Å²) in [5, 5.41) is 0. The maximum atomic E-state index is 13.8. The topological polar surface area (TPSA) is 99.2 Å². The number of carbonyl (C=O) groups is 4. The van der Waals surface area contributed by atoms with Crippen LogP contribution in [0.1, 0.15) is 105 Å². The van der Waals surface area contributed by atoms with Crippen molar-refractivity contribution in [3.63, 3.8) is 0 Å². The fourth-order valence-corrected chi connectivity index (χ4v) is 21.6. The number of hydrogen-bond donors (Lipinski definition) is 0. The van der Waals surface area contributed by atoms with Gasteiger partial charge >= 0.3 is 20.5 Å². The van der Waals surface area contributed by atoms with Gasteiger partial charge in [0.15, 0.2) is 16.6 Å². The zero-order chi connectivity index (χ0) is 33.6. The number of cyclic esters (lactones) is 2. The van der Waals surface area contributed by atoms with E-state index in [4.69, 9.17) is 13.0 Å². The number of esters is 2. The maximum Gasteiger partial charge on any atom is 0.317 e. The molecule has 3 unspecified atom stereocenters. The number of nitrogens with zero attached hydrogens (tertiary/aromatic N) is 1. The van der Waals surface area contributed by atoms with Crippen LogP contribution in [0.2, 0.25) is 51.4 Å². The van der Waals surface area contributed by atoms with E-state index in [1.165, 1.54) is 17.7 Å². The Morgan fingerprint density at radius 1 is 0.750 bits per heavy atom. The molecule has 0 N–H and O–H groups in total. The molecule has 0 bridgehead atoms. The second-order valence-electron chi connectivity index (χ2n) is 16.1. The molecular weight excluding hydrogens is 607 g/mol. The van der Waals surface area contributed by atoms with Crippen molar-refractivity contribution >= 4 is 48.9 Å². The molecule has 11 heteroatoms. The van der Waals surface area contributed by atoms with E-state index in [0.717, 1.165) is 57.0 Å². The molecule has 44 heavy (non-hydrogen) atoms. The van der Waals surface area contributed by atoms with E-state index >= 15 is 0 Å². The predicted molar refractivity (Wildman–Crippen MR) is 183 cm³/mol. The van der Waals surface area contributed by atoms with Gasteiger partial charge in [0.2, 0.25) is 11.8 Å². The van der Waals surface area contributed by atoms with Crippen molar-refractivity contribution in [1.29, 1.82) is 0 Å². The van der Waals surface area contributed by atoms with Crippen LogP contribution < -0.4 is 0 Å². The first-order chi connectivity index (χ1) is 20.2. The Labute approximate surface area is 271 Å². The van der Waals surface area contributed by atoms with Gasteiger partial charge in [0, 0.05) is 13.0 Å². The van der Waals surface area contributed by atoms with Gasteiger partial charge in [-0.05, 0) is 87.9 Å². The Kier molecular flexibility index (Phi) is 13.9. The second-order valence-corrected chi connectivity index (χ2v) is 28.6. The van der Waals surface area contributed by atoms with E-state index in [1.54, 1.807) is 0 Å². The molecule has 2 amide bonds. The van der Waals surface area contributed by atoms with Crippen LogP contribution in [0.5, 0.6) is 0 Å². The van der Waals surface area contributed by atoms with Gasteiger partial charge in [-0.3, -0.25) is 24.1 Å². The highest BCUT2D eigenvalue weighted by Crippen LogP contribution is 2.46. The van der Waals surface area contributed by atoms with Crippen molar-refractivity contribution in [2.24, 2.45) is 22.7 Å². The second kappa shape index (κ2) is 15.6. The Hall–Kier alpha value is -1.15. The molecule has 0 aromatic rings. The van der Waals surface area contributed by atoms with Crippen LogP contribution in [0, 0.1) is 22.7 Å². The van der Waals surface area contributed by atoms with Gasteiger partial charge in [0.25, 0.3) is 0 Å². The van der Waals surface area contributed by atoms with E-state index < -0.39 is 43.1 Å². The summed E-state index contributed by atoms with van der Waals surface area (Å²) < 4.78 is 18.3. The lowest BCUT2D eigenvalue weighted by Gasteiger charge is -2.39. The fraction of sp³-hybridized carbons (Fsp3) is 0.879. The molecule has 0 radical (unpaired) electrons. The standard InChI is InChI=1S/C33H63NO7Si3/c1-12-14-19-33(5,20-16-18-32(3,4)27-25-29(36)39-31(27)38)26-24-28(35)34(30(26)37)21-17-23-43(8,9)41-44(10,11)40-42(6,7)22-15-13-2/h26-27H,12-25H2,1-11H3. The molecule has 2 aliphatic heterocycles. The third-order valence-corrected chi connectivity index (χ3v) is 21.4. The minimum Gasteiger partial charge on any atom is -0.437 e. The average molecular weight is 670 g/mol. The van der Waals surface area contributed by atoms with Crippen molar-refractivity contribution in [1.82, 2.24) is 4.90 Å². The molecule has 0 aromatic carbocycles. The summed E-state index contributed by atoms with van der Waals surface area (Å²) >= 11 is 0. The van der Waals surface area contributed by atoms with Gasteiger partial charge < -0.3 is 13.0 Å². The van der Waals surface area contributed by atoms with Crippen LogP contribution >= 0.6 is 0 Å². The van der Waals surface area contributed by atoms with Crippen LogP contribution in [0.15, 0.2) is 0 Å². The van der Waals surface area contributed by atoms with Crippen LogP contribution in [-0.2, 0) is 32.1 Å². The predicted octanol–water partition coefficient (Wildman–Crippen LogP) is 8.18.